The van der Waals surface area contributed by atoms with Crippen LogP contribution in [-0.2, 0) is 6.54 Å². The van der Waals surface area contributed by atoms with E-state index in [-0.39, 0.29) is 11.9 Å². The third-order valence-corrected chi connectivity index (χ3v) is 4.77. The number of fused-ring (bicyclic) bond motifs is 2. The summed E-state index contributed by atoms with van der Waals surface area (Å²) in [6.07, 6.45) is 1.74. The molecule has 1 N–H and O–H groups in total. The van der Waals surface area contributed by atoms with Crippen molar-refractivity contribution in [1.82, 2.24) is 40.1 Å². The number of hydrogen-bond donors (Lipinski definition) is 1. The quantitative estimate of drug-likeness (QED) is 0.585. The van der Waals surface area contributed by atoms with Crippen molar-refractivity contribution in [2.24, 2.45) is 0 Å². The van der Waals surface area contributed by atoms with Crippen LogP contribution in [0.25, 0.3) is 22.6 Å². The van der Waals surface area contributed by atoms with Crippen LogP contribution in [0.2, 0.25) is 0 Å². The Morgan fingerprint density at radius 3 is 2.89 bits per heavy atom. The topological polar surface area (TPSA) is 105 Å². The molecule has 0 spiro atoms. The molecule has 1 aliphatic heterocycles. The number of hydrogen-bond acceptors (Lipinski definition) is 6. The van der Waals surface area contributed by atoms with Crippen LogP contribution >= 0.6 is 0 Å². The molecule has 0 saturated carbocycles. The summed E-state index contributed by atoms with van der Waals surface area (Å²) in [6.45, 7) is 3.03. The highest BCUT2D eigenvalue weighted by atomic mass is 16.2. The largest absolute Gasteiger partial charge is 0.329 e. The van der Waals surface area contributed by atoms with E-state index >= 15 is 0 Å². The molecule has 1 atom stereocenters. The molecule has 1 amide bonds. The number of aromatic amines is 1. The van der Waals surface area contributed by atoms with Crippen LogP contribution < -0.4 is 0 Å². The predicted molar refractivity (Wildman–Crippen MR) is 96.6 cm³/mol. The number of benzene rings is 1. The van der Waals surface area contributed by atoms with Crippen molar-refractivity contribution >= 4 is 16.9 Å². The molecular formula is C18H16N8O. The molecule has 0 aliphatic carbocycles. The molecule has 0 fully saturated rings. The van der Waals surface area contributed by atoms with Gasteiger partial charge in [-0.15, -0.1) is 10.2 Å². The number of carbonyl (C=O) groups excluding carboxylic acids is 1. The van der Waals surface area contributed by atoms with Gasteiger partial charge in [0.15, 0.2) is 11.6 Å². The zero-order valence-corrected chi connectivity index (χ0v) is 14.6. The van der Waals surface area contributed by atoms with Crippen molar-refractivity contribution in [3.8, 4) is 11.5 Å². The van der Waals surface area contributed by atoms with Gasteiger partial charge in [-0.3, -0.25) is 9.78 Å². The maximum atomic E-state index is 13.0. The van der Waals surface area contributed by atoms with Gasteiger partial charge in [-0.05, 0) is 37.3 Å². The fraction of sp³-hybridized carbons (Fsp3) is 0.222. The van der Waals surface area contributed by atoms with Gasteiger partial charge in [-0.2, -0.15) is 15.4 Å². The summed E-state index contributed by atoms with van der Waals surface area (Å²) in [5.74, 6) is 1.43. The van der Waals surface area contributed by atoms with Gasteiger partial charge < -0.3 is 9.47 Å². The Morgan fingerprint density at radius 1 is 1.15 bits per heavy atom. The molecule has 1 aromatic carbocycles. The van der Waals surface area contributed by atoms with E-state index in [1.807, 2.05) is 18.2 Å². The van der Waals surface area contributed by atoms with Crippen molar-refractivity contribution in [1.29, 1.82) is 0 Å². The van der Waals surface area contributed by atoms with E-state index in [0.717, 1.165) is 22.9 Å². The molecular weight excluding hydrogens is 344 g/mol. The molecule has 134 valence electrons. The summed E-state index contributed by atoms with van der Waals surface area (Å²) >= 11 is 0. The minimum atomic E-state index is -0.0552. The van der Waals surface area contributed by atoms with E-state index in [2.05, 4.69) is 42.1 Å². The zero-order chi connectivity index (χ0) is 18.4. The molecule has 5 rings (SSSR count). The number of aromatic nitrogens is 7. The Labute approximate surface area is 154 Å². The Balaban J connectivity index is 1.46. The van der Waals surface area contributed by atoms with Crippen LogP contribution in [0.4, 0.5) is 0 Å². The molecule has 4 aromatic rings. The number of nitrogens with zero attached hydrogens (tertiary/aromatic N) is 7. The third kappa shape index (κ3) is 2.55. The third-order valence-electron chi connectivity index (χ3n) is 4.77. The Bertz CT molecular complexity index is 1130. The van der Waals surface area contributed by atoms with Gasteiger partial charge in [0.1, 0.15) is 16.7 Å². The maximum Gasteiger partial charge on any atom is 0.254 e. The average Bonchev–Trinajstić information content (AvgIpc) is 3.34. The SMILES string of the molecule is C[C@H]1CN(C(=O)c2ccc3n[nH]nc3c2)Cc2nnc(-c3ccccn3)n21. The van der Waals surface area contributed by atoms with Crippen molar-refractivity contribution in [3.05, 3.63) is 54.0 Å². The van der Waals surface area contributed by atoms with Gasteiger partial charge in [-0.25, -0.2) is 0 Å². The summed E-state index contributed by atoms with van der Waals surface area (Å²) in [6, 6.07) is 11.1. The maximum absolute atomic E-state index is 13.0. The number of nitrogens with one attached hydrogen (secondary N) is 1. The first-order valence-electron chi connectivity index (χ1n) is 8.65. The second kappa shape index (κ2) is 5.97. The highest BCUT2D eigenvalue weighted by molar-refractivity contribution is 5.97. The summed E-state index contributed by atoms with van der Waals surface area (Å²) in [5.41, 5.74) is 2.77. The van der Waals surface area contributed by atoms with E-state index in [4.69, 9.17) is 0 Å². The van der Waals surface area contributed by atoms with E-state index in [1.54, 1.807) is 29.3 Å². The molecule has 3 aromatic heterocycles. The zero-order valence-electron chi connectivity index (χ0n) is 14.6. The lowest BCUT2D eigenvalue weighted by Crippen LogP contribution is -2.40. The van der Waals surface area contributed by atoms with E-state index < -0.39 is 0 Å². The predicted octanol–water partition coefficient (Wildman–Crippen LogP) is 1.83. The minimum Gasteiger partial charge on any atom is -0.329 e. The number of pyridine rings is 1. The van der Waals surface area contributed by atoms with Gasteiger partial charge in [-0.1, -0.05) is 6.07 Å². The lowest BCUT2D eigenvalue weighted by molar-refractivity contribution is 0.0682. The lowest BCUT2D eigenvalue weighted by Gasteiger charge is -2.32. The highest BCUT2D eigenvalue weighted by Crippen LogP contribution is 2.27. The molecule has 0 radical (unpaired) electrons. The van der Waals surface area contributed by atoms with Crippen LogP contribution in [0.3, 0.4) is 0 Å². The first-order chi connectivity index (χ1) is 13.2. The fourth-order valence-corrected chi connectivity index (χ4v) is 3.51. The van der Waals surface area contributed by atoms with Crippen LogP contribution in [0.1, 0.15) is 29.1 Å². The van der Waals surface area contributed by atoms with E-state index in [1.165, 1.54) is 0 Å². The average molecular weight is 360 g/mol. The summed E-state index contributed by atoms with van der Waals surface area (Å²) < 4.78 is 2.06. The molecule has 9 heteroatoms. The van der Waals surface area contributed by atoms with Gasteiger partial charge >= 0.3 is 0 Å². The first-order valence-corrected chi connectivity index (χ1v) is 8.65. The van der Waals surface area contributed by atoms with E-state index in [0.29, 0.717) is 24.2 Å². The normalized spacial score (nSPS) is 16.5. The summed E-state index contributed by atoms with van der Waals surface area (Å²) in [4.78, 5) is 19.2. The second-order valence-corrected chi connectivity index (χ2v) is 6.59. The molecule has 4 heterocycles. The van der Waals surface area contributed by atoms with Crippen molar-refractivity contribution < 1.29 is 4.79 Å². The van der Waals surface area contributed by atoms with Crippen LogP contribution in [-0.4, -0.2) is 52.5 Å². The van der Waals surface area contributed by atoms with Crippen LogP contribution in [0.15, 0.2) is 42.6 Å². The second-order valence-electron chi connectivity index (χ2n) is 6.59. The number of carbonyl (C=O) groups is 1. The van der Waals surface area contributed by atoms with Crippen molar-refractivity contribution in [2.75, 3.05) is 6.54 Å². The molecule has 1 aliphatic rings. The van der Waals surface area contributed by atoms with Crippen molar-refractivity contribution in [3.63, 3.8) is 0 Å². The summed E-state index contributed by atoms with van der Waals surface area (Å²) in [7, 11) is 0. The minimum absolute atomic E-state index is 0.0421. The summed E-state index contributed by atoms with van der Waals surface area (Å²) in [5, 5.41) is 19.3. The van der Waals surface area contributed by atoms with Gasteiger partial charge in [0.2, 0.25) is 0 Å². The number of H-pyrrole nitrogens is 1. The molecule has 0 bridgehead atoms. The standard InChI is InChI=1S/C18H16N8O/c1-11-9-25(18(27)12-5-6-13-15(8-12)21-24-20-13)10-16-22-23-17(26(11)16)14-4-2-3-7-19-14/h2-8,11H,9-10H2,1H3,(H,20,21,24)/t11-/m0/s1. The Morgan fingerprint density at radius 2 is 2.04 bits per heavy atom. The van der Waals surface area contributed by atoms with Crippen LogP contribution in [0, 0.1) is 0 Å². The van der Waals surface area contributed by atoms with E-state index in [9.17, 15) is 4.79 Å². The molecule has 27 heavy (non-hydrogen) atoms. The Hall–Kier alpha value is -3.62. The number of rotatable bonds is 2. The van der Waals surface area contributed by atoms with Gasteiger partial charge in [0, 0.05) is 18.3 Å². The highest BCUT2D eigenvalue weighted by Gasteiger charge is 2.30. The monoisotopic (exact) mass is 360 g/mol. The lowest BCUT2D eigenvalue weighted by atomic mass is 10.1. The van der Waals surface area contributed by atoms with Gasteiger partial charge in [0.05, 0.1) is 12.6 Å². The van der Waals surface area contributed by atoms with Crippen LogP contribution in [0.5, 0.6) is 0 Å². The smallest absolute Gasteiger partial charge is 0.254 e. The van der Waals surface area contributed by atoms with Crippen molar-refractivity contribution in [2.45, 2.75) is 19.5 Å². The van der Waals surface area contributed by atoms with Gasteiger partial charge in [0.25, 0.3) is 5.91 Å². The number of amides is 1. The molecule has 0 unspecified atom stereocenters. The first kappa shape index (κ1) is 15.6. The molecule has 9 nitrogen and oxygen atoms in total. The Kier molecular flexibility index (Phi) is 3.46. The molecule has 0 saturated heterocycles. The fourth-order valence-electron chi connectivity index (χ4n) is 3.51.